The van der Waals surface area contributed by atoms with Crippen molar-refractivity contribution in [2.75, 3.05) is 0 Å². The maximum atomic E-state index is 5.21. The van der Waals surface area contributed by atoms with Gasteiger partial charge in [0.1, 0.15) is 0 Å². The Morgan fingerprint density at radius 2 is 2.00 bits per heavy atom. The second-order valence-corrected chi connectivity index (χ2v) is 5.10. The zero-order valence-corrected chi connectivity index (χ0v) is 10.2. The largest absolute Gasteiger partial charge is 0.337 e. The first-order valence-electron chi connectivity index (χ1n) is 6.03. The highest BCUT2D eigenvalue weighted by molar-refractivity contribution is 7.71. The van der Waals surface area contributed by atoms with Crippen molar-refractivity contribution in [2.24, 2.45) is 11.8 Å². The normalized spacial score (nSPS) is 26.7. The highest BCUT2D eigenvalue weighted by Gasteiger charge is 2.20. The highest BCUT2D eigenvalue weighted by Crippen LogP contribution is 2.31. The van der Waals surface area contributed by atoms with Gasteiger partial charge in [-0.1, -0.05) is 26.2 Å². The van der Waals surface area contributed by atoms with E-state index in [0.29, 0.717) is 0 Å². The maximum absolute atomic E-state index is 5.21. The number of hydrogen-bond donors (Lipinski definition) is 1. The molecule has 15 heavy (non-hydrogen) atoms. The quantitative estimate of drug-likeness (QED) is 0.775. The molecule has 0 radical (unpaired) electrons. The Hall–Kier alpha value is -0.570. The van der Waals surface area contributed by atoms with Gasteiger partial charge >= 0.3 is 0 Å². The molecule has 84 valence electrons. The van der Waals surface area contributed by atoms with Crippen molar-refractivity contribution >= 4 is 12.2 Å². The fourth-order valence-electron chi connectivity index (χ4n) is 2.59. The van der Waals surface area contributed by atoms with E-state index >= 15 is 0 Å². The fraction of sp³-hybridized carbons (Fsp3) is 0.750. The lowest BCUT2D eigenvalue weighted by Crippen LogP contribution is -2.18. The Balaban J connectivity index is 1.87. The Kier molecular flexibility index (Phi) is 3.62. The van der Waals surface area contributed by atoms with Crippen LogP contribution in [0.3, 0.4) is 0 Å². The van der Waals surface area contributed by atoms with E-state index in [-0.39, 0.29) is 0 Å². The first-order valence-corrected chi connectivity index (χ1v) is 6.44. The average Bonchev–Trinajstić information content (AvgIpc) is 2.66. The third kappa shape index (κ3) is 2.71. The minimum absolute atomic E-state index is 0.843. The van der Waals surface area contributed by atoms with Gasteiger partial charge in [-0.2, -0.15) is 0 Å². The summed E-state index contributed by atoms with van der Waals surface area (Å²) in [6.07, 6.45) is 10.9. The summed E-state index contributed by atoms with van der Waals surface area (Å²) in [7, 11) is 0. The van der Waals surface area contributed by atoms with E-state index in [4.69, 9.17) is 12.2 Å². The molecular weight excluding hydrogens is 204 g/mol. The summed E-state index contributed by atoms with van der Waals surface area (Å²) in [4.78, 5) is 3.06. The van der Waals surface area contributed by atoms with Crippen molar-refractivity contribution in [1.29, 1.82) is 0 Å². The molecule has 3 heteroatoms. The molecule has 1 N–H and O–H groups in total. The van der Waals surface area contributed by atoms with Gasteiger partial charge in [-0.25, -0.2) is 0 Å². The zero-order chi connectivity index (χ0) is 10.7. The third-order valence-corrected chi connectivity index (χ3v) is 4.07. The molecule has 0 amide bonds. The SMILES string of the molecule is CCC1CCC(Cn2cc[nH]c2=S)CC1. The second kappa shape index (κ2) is 4.97. The predicted octanol–water partition coefficient (Wildman–Crippen LogP) is 3.76. The molecular formula is C12H20N2S. The van der Waals surface area contributed by atoms with Crippen molar-refractivity contribution in [1.82, 2.24) is 9.55 Å². The van der Waals surface area contributed by atoms with Crippen molar-refractivity contribution < 1.29 is 0 Å². The van der Waals surface area contributed by atoms with Crippen LogP contribution in [0.2, 0.25) is 0 Å². The lowest BCUT2D eigenvalue weighted by atomic mass is 9.81. The number of nitrogens with zero attached hydrogens (tertiary/aromatic N) is 1. The van der Waals surface area contributed by atoms with Crippen LogP contribution in [-0.4, -0.2) is 9.55 Å². The summed E-state index contributed by atoms with van der Waals surface area (Å²) < 4.78 is 3.04. The van der Waals surface area contributed by atoms with Crippen LogP contribution in [-0.2, 0) is 6.54 Å². The molecule has 2 nitrogen and oxygen atoms in total. The van der Waals surface area contributed by atoms with Gasteiger partial charge in [0.2, 0.25) is 0 Å². The van der Waals surface area contributed by atoms with Gasteiger partial charge in [-0.3, -0.25) is 0 Å². The van der Waals surface area contributed by atoms with Crippen LogP contribution in [0.5, 0.6) is 0 Å². The first-order chi connectivity index (χ1) is 7.29. The molecule has 0 bridgehead atoms. The smallest absolute Gasteiger partial charge is 0.177 e. The van der Waals surface area contributed by atoms with Crippen molar-refractivity contribution in [3.8, 4) is 0 Å². The molecule has 1 heterocycles. The van der Waals surface area contributed by atoms with E-state index < -0.39 is 0 Å². The van der Waals surface area contributed by atoms with E-state index in [2.05, 4.69) is 22.7 Å². The molecule has 1 aliphatic rings. The molecule has 0 aromatic carbocycles. The maximum Gasteiger partial charge on any atom is 0.177 e. The van der Waals surface area contributed by atoms with Gasteiger partial charge in [0.25, 0.3) is 0 Å². The molecule has 0 unspecified atom stereocenters. The summed E-state index contributed by atoms with van der Waals surface area (Å²) in [5.74, 6) is 1.83. The van der Waals surface area contributed by atoms with Crippen LogP contribution in [0.15, 0.2) is 12.4 Å². The standard InChI is InChI=1S/C12H20N2S/c1-2-10-3-5-11(6-4-10)9-14-8-7-13-12(14)15/h7-8,10-11H,2-6,9H2,1H3,(H,13,15). The van der Waals surface area contributed by atoms with Crippen LogP contribution in [0.25, 0.3) is 0 Å². The average molecular weight is 224 g/mol. The molecule has 2 rings (SSSR count). The van der Waals surface area contributed by atoms with Crippen LogP contribution in [0.1, 0.15) is 39.0 Å². The minimum atomic E-state index is 0.843. The Labute approximate surface area is 96.7 Å². The van der Waals surface area contributed by atoms with E-state index in [1.54, 1.807) is 0 Å². The first kappa shape index (κ1) is 10.9. The Morgan fingerprint density at radius 3 is 2.53 bits per heavy atom. The lowest BCUT2D eigenvalue weighted by molar-refractivity contribution is 0.247. The Bertz CT molecular complexity index is 345. The molecule has 1 aliphatic carbocycles. The number of rotatable bonds is 3. The molecule has 0 atom stereocenters. The fourth-order valence-corrected chi connectivity index (χ4v) is 2.80. The summed E-state index contributed by atoms with van der Waals surface area (Å²) in [5.41, 5.74) is 0. The lowest BCUT2D eigenvalue weighted by Gasteiger charge is -2.27. The molecule has 1 saturated carbocycles. The van der Waals surface area contributed by atoms with Gasteiger partial charge in [-0.05, 0) is 36.9 Å². The number of imidazole rings is 1. The van der Waals surface area contributed by atoms with Crippen LogP contribution in [0, 0.1) is 16.6 Å². The number of nitrogens with one attached hydrogen (secondary N) is 1. The molecule has 1 fully saturated rings. The minimum Gasteiger partial charge on any atom is -0.337 e. The van der Waals surface area contributed by atoms with E-state index in [9.17, 15) is 0 Å². The van der Waals surface area contributed by atoms with Crippen molar-refractivity contribution in [3.05, 3.63) is 17.2 Å². The van der Waals surface area contributed by atoms with Gasteiger partial charge < -0.3 is 9.55 Å². The van der Waals surface area contributed by atoms with E-state index in [0.717, 1.165) is 23.2 Å². The van der Waals surface area contributed by atoms with E-state index in [1.807, 2.05) is 6.20 Å². The summed E-state index contributed by atoms with van der Waals surface area (Å²) in [5, 5.41) is 0. The predicted molar refractivity (Wildman–Crippen MR) is 65.4 cm³/mol. The number of hydrogen-bond acceptors (Lipinski definition) is 1. The summed E-state index contributed by atoms with van der Waals surface area (Å²) >= 11 is 5.21. The molecule has 1 aromatic heterocycles. The molecule has 0 saturated heterocycles. The second-order valence-electron chi connectivity index (χ2n) is 4.71. The van der Waals surface area contributed by atoms with Crippen LogP contribution >= 0.6 is 12.2 Å². The summed E-state index contributed by atoms with van der Waals surface area (Å²) in [6, 6.07) is 0. The zero-order valence-electron chi connectivity index (χ0n) is 9.41. The third-order valence-electron chi connectivity index (χ3n) is 3.72. The summed E-state index contributed by atoms with van der Waals surface area (Å²) in [6.45, 7) is 3.42. The van der Waals surface area contributed by atoms with E-state index in [1.165, 1.54) is 32.1 Å². The molecule has 0 aliphatic heterocycles. The van der Waals surface area contributed by atoms with Gasteiger partial charge in [0.15, 0.2) is 4.77 Å². The van der Waals surface area contributed by atoms with Crippen LogP contribution in [0.4, 0.5) is 0 Å². The van der Waals surface area contributed by atoms with Gasteiger partial charge in [0.05, 0.1) is 0 Å². The van der Waals surface area contributed by atoms with Crippen LogP contribution < -0.4 is 0 Å². The van der Waals surface area contributed by atoms with Gasteiger partial charge in [0, 0.05) is 18.9 Å². The topological polar surface area (TPSA) is 20.7 Å². The highest BCUT2D eigenvalue weighted by atomic mass is 32.1. The number of aromatic nitrogens is 2. The number of H-pyrrole nitrogens is 1. The van der Waals surface area contributed by atoms with Crippen molar-refractivity contribution in [2.45, 2.75) is 45.6 Å². The number of aromatic amines is 1. The van der Waals surface area contributed by atoms with Crippen molar-refractivity contribution in [3.63, 3.8) is 0 Å². The van der Waals surface area contributed by atoms with Gasteiger partial charge in [-0.15, -0.1) is 0 Å². The molecule has 1 aromatic rings. The monoisotopic (exact) mass is 224 g/mol. The Morgan fingerprint density at radius 1 is 1.33 bits per heavy atom. The molecule has 0 spiro atoms.